The van der Waals surface area contributed by atoms with Gasteiger partial charge in [-0.15, -0.1) is 0 Å². The zero-order valence-electron chi connectivity index (χ0n) is 36.4. The van der Waals surface area contributed by atoms with Crippen molar-refractivity contribution < 1.29 is 4.36 Å². The molecule has 65 heavy (non-hydrogen) atoms. The van der Waals surface area contributed by atoms with Gasteiger partial charge in [-0.1, -0.05) is 202 Å². The molecule has 2 aliphatic rings. The monoisotopic (exact) mass is 832 g/mol. The number of hydrogen-bond acceptors (Lipinski definition) is 2. The lowest BCUT2D eigenvalue weighted by Gasteiger charge is -2.30. The maximum absolute atomic E-state index is 5.63. The van der Waals surface area contributed by atoms with Gasteiger partial charge in [0.25, 0.3) is 5.35 Å². The van der Waals surface area contributed by atoms with Gasteiger partial charge in [0.1, 0.15) is 0 Å². The van der Waals surface area contributed by atoms with Crippen molar-refractivity contribution in [2.24, 2.45) is 5.11 Å². The summed E-state index contributed by atoms with van der Waals surface area (Å²) in [7, 11) is 0. The normalized spacial score (nSPS) is 14.4. The lowest BCUT2D eigenvalue weighted by atomic mass is 9.82. The molecule has 308 valence electrons. The molecule has 0 saturated heterocycles. The molecule has 12 rings (SSSR count). The summed E-state index contributed by atoms with van der Waals surface area (Å²) in [5.74, 6) is 0. The standard InChI is InChI=1S/C62H46N3/c1-62(2)55-33-19-17-31-51(55)52-38-37-48(41-56(52)62)64(57-34-20-18-32-53(57)50-30-16-15-29-49(50)42-21-7-3-8-22-42)47-36-35-46-39-58(43-23-9-4-10-24-43)65-61(54(46)40-47)59(44-25-11-5-12-26-44)60(63-65)45-27-13-6-14-28-45/h3-41,60H,1-2H3/q+1. The third kappa shape index (κ3) is 6.42. The fourth-order valence-corrected chi connectivity index (χ4v) is 10.5. The predicted molar refractivity (Wildman–Crippen MR) is 268 cm³/mol. The van der Waals surface area contributed by atoms with E-state index in [2.05, 4.69) is 260 Å². The Morgan fingerprint density at radius 1 is 0.431 bits per heavy atom. The highest BCUT2D eigenvalue weighted by Crippen LogP contribution is 2.52. The van der Waals surface area contributed by atoms with Crippen molar-refractivity contribution in [1.82, 2.24) is 0 Å². The van der Waals surface area contributed by atoms with E-state index < -0.39 is 0 Å². The smallest absolute Gasteiger partial charge is 0.252 e. The van der Waals surface area contributed by atoms with Gasteiger partial charge >= 0.3 is 0 Å². The third-order valence-electron chi connectivity index (χ3n) is 13.6. The van der Waals surface area contributed by atoms with Crippen molar-refractivity contribution in [1.29, 1.82) is 0 Å². The molecule has 1 aliphatic carbocycles. The molecule has 10 aromatic rings. The summed E-state index contributed by atoms with van der Waals surface area (Å²) < 4.78 is 2.23. The number of pyridine rings is 1. The van der Waals surface area contributed by atoms with E-state index in [9.17, 15) is 0 Å². The Kier molecular flexibility index (Phi) is 9.24. The van der Waals surface area contributed by atoms with Gasteiger partial charge < -0.3 is 4.90 Å². The fraction of sp³-hybridized carbons (Fsp3) is 0.0645. The number of rotatable bonds is 8. The van der Waals surface area contributed by atoms with Crippen LogP contribution in [0.2, 0.25) is 0 Å². The van der Waals surface area contributed by atoms with Crippen LogP contribution >= 0.6 is 0 Å². The molecule has 1 aromatic heterocycles. The van der Waals surface area contributed by atoms with Gasteiger partial charge in [-0.3, -0.25) is 0 Å². The highest BCUT2D eigenvalue weighted by molar-refractivity contribution is 5.98. The summed E-state index contributed by atoms with van der Waals surface area (Å²) in [5, 5.41) is 9.04. The second-order valence-electron chi connectivity index (χ2n) is 17.7. The number of benzene rings is 9. The molecule has 0 N–H and O–H groups in total. The maximum atomic E-state index is 5.63. The molecule has 0 saturated carbocycles. The summed E-state index contributed by atoms with van der Waals surface area (Å²) >= 11 is 0. The number of aromatic nitrogens is 1. The summed E-state index contributed by atoms with van der Waals surface area (Å²) in [4.78, 5) is 2.49. The van der Waals surface area contributed by atoms with Gasteiger partial charge in [0, 0.05) is 34.0 Å². The quantitative estimate of drug-likeness (QED) is 0.140. The first-order chi connectivity index (χ1) is 32.0. The average Bonchev–Trinajstić information content (AvgIpc) is 3.88. The van der Waals surface area contributed by atoms with Crippen molar-refractivity contribution in [3.8, 4) is 44.6 Å². The predicted octanol–water partition coefficient (Wildman–Crippen LogP) is 14.9. The molecule has 9 aromatic carbocycles. The molecule has 2 heterocycles. The van der Waals surface area contributed by atoms with E-state index in [1.165, 1.54) is 44.5 Å². The fourth-order valence-electron chi connectivity index (χ4n) is 10.5. The zero-order chi connectivity index (χ0) is 43.5. The van der Waals surface area contributed by atoms with Crippen LogP contribution in [0.3, 0.4) is 0 Å². The first-order valence-electron chi connectivity index (χ1n) is 22.6. The third-order valence-corrected chi connectivity index (χ3v) is 13.6. The second-order valence-corrected chi connectivity index (χ2v) is 17.7. The van der Waals surface area contributed by atoms with Crippen LogP contribution in [-0.4, -0.2) is 0 Å². The molecule has 0 bridgehead atoms. The molecular weight excluding hydrogens is 787 g/mol. The van der Waals surface area contributed by atoms with Crippen molar-refractivity contribution >= 4 is 33.4 Å². The van der Waals surface area contributed by atoms with Crippen LogP contribution in [0.15, 0.2) is 242 Å². The van der Waals surface area contributed by atoms with E-state index in [0.717, 1.165) is 61.1 Å². The molecule has 0 radical (unpaired) electrons. The molecule has 0 amide bonds. The van der Waals surface area contributed by atoms with E-state index >= 15 is 0 Å². The van der Waals surface area contributed by atoms with E-state index in [1.807, 2.05) is 0 Å². The van der Waals surface area contributed by atoms with Crippen molar-refractivity contribution in [2.75, 3.05) is 4.90 Å². The Morgan fingerprint density at radius 2 is 0.969 bits per heavy atom. The minimum absolute atomic E-state index is 0.171. The van der Waals surface area contributed by atoms with E-state index in [1.54, 1.807) is 0 Å². The van der Waals surface area contributed by atoms with Crippen LogP contribution in [0.25, 0.3) is 61.0 Å². The SMILES string of the molecule is CC1(C)c2ccccc2-c2ccc(N(c3ccc4cc(-c5ccccc5)[n+]5c(c4c3)=C(c3ccccc3)C(c3ccccc3)N=5)c3ccccc3-c3ccccc3-c3ccccc3)cc21. The lowest BCUT2D eigenvalue weighted by molar-refractivity contribution is -0.546. The highest BCUT2D eigenvalue weighted by Gasteiger charge is 2.37. The topological polar surface area (TPSA) is 21.5 Å². The van der Waals surface area contributed by atoms with Gasteiger partial charge in [-0.25, -0.2) is 0 Å². The average molecular weight is 833 g/mol. The molecule has 1 atom stereocenters. The Bertz CT molecular complexity index is 3560. The molecule has 3 heteroatoms. The van der Waals surface area contributed by atoms with Gasteiger partial charge in [0.05, 0.1) is 16.6 Å². The largest absolute Gasteiger partial charge is 0.310 e. The van der Waals surface area contributed by atoms with Gasteiger partial charge in [-0.05, 0) is 107 Å². The minimum atomic E-state index is -0.206. The van der Waals surface area contributed by atoms with Crippen LogP contribution in [0, 0.1) is 0 Å². The summed E-state index contributed by atoms with van der Waals surface area (Å²) in [5.41, 5.74) is 18.9. The summed E-state index contributed by atoms with van der Waals surface area (Å²) in [6.07, 6.45) is 0. The lowest BCUT2D eigenvalue weighted by Crippen LogP contribution is -2.38. The van der Waals surface area contributed by atoms with Gasteiger partial charge in [0.15, 0.2) is 6.04 Å². The molecule has 3 nitrogen and oxygen atoms in total. The summed E-state index contributed by atoms with van der Waals surface area (Å²) in [6.45, 7) is 4.73. The highest BCUT2D eigenvalue weighted by atomic mass is 15.2. The Balaban J connectivity index is 1.16. The van der Waals surface area contributed by atoms with Crippen LogP contribution in [0.1, 0.15) is 42.1 Å². The van der Waals surface area contributed by atoms with Crippen molar-refractivity contribution in [3.05, 3.63) is 264 Å². The van der Waals surface area contributed by atoms with E-state index in [-0.39, 0.29) is 11.5 Å². The molecule has 1 aliphatic heterocycles. The van der Waals surface area contributed by atoms with Crippen LogP contribution in [0.5, 0.6) is 0 Å². The van der Waals surface area contributed by atoms with Gasteiger partial charge in [0.2, 0.25) is 5.69 Å². The molecule has 0 spiro atoms. The first-order valence-corrected chi connectivity index (χ1v) is 22.6. The van der Waals surface area contributed by atoms with Crippen molar-refractivity contribution in [2.45, 2.75) is 25.3 Å². The van der Waals surface area contributed by atoms with Crippen molar-refractivity contribution in [3.63, 3.8) is 0 Å². The number of nitrogens with zero attached hydrogens (tertiary/aromatic N) is 3. The van der Waals surface area contributed by atoms with E-state index in [0.29, 0.717) is 0 Å². The maximum Gasteiger partial charge on any atom is 0.252 e. The Hall–Kier alpha value is -8.14. The molecule has 0 fully saturated rings. The minimum Gasteiger partial charge on any atom is -0.310 e. The Morgan fingerprint density at radius 3 is 1.69 bits per heavy atom. The summed E-state index contributed by atoms with van der Waals surface area (Å²) in [6, 6.07) is 85.9. The van der Waals surface area contributed by atoms with Gasteiger partial charge in [-0.2, -0.15) is 0 Å². The first kappa shape index (κ1) is 38.5. The van der Waals surface area contributed by atoms with E-state index in [4.69, 9.17) is 5.11 Å². The number of hydrogen-bond donors (Lipinski definition) is 0. The molecule has 1 unspecified atom stereocenters. The number of para-hydroxylation sites is 1. The Labute approximate surface area is 380 Å². The van der Waals surface area contributed by atoms with Crippen LogP contribution in [-0.2, 0) is 5.41 Å². The zero-order valence-corrected chi connectivity index (χ0v) is 36.4. The number of anilines is 3. The second kappa shape index (κ2) is 15.6. The van der Waals surface area contributed by atoms with Crippen LogP contribution < -0.4 is 14.6 Å². The number of fused-ring (bicyclic) bond motifs is 6. The van der Waals surface area contributed by atoms with Crippen LogP contribution in [0.4, 0.5) is 17.1 Å². The molecular formula is C62H46N3+.